The number of hydrogen-bond donors (Lipinski definition) is 2. The highest BCUT2D eigenvalue weighted by molar-refractivity contribution is 9.10. The standard InChI is InChI=1S/C12H10BrF2N3/c1-16-12-4-7(2-3-17-12)18-11-6-9(14)8(13)5-10(11)15/h2-6H,1H3,(H2,16,17,18). The van der Waals surface area contributed by atoms with E-state index in [4.69, 9.17) is 0 Å². The summed E-state index contributed by atoms with van der Waals surface area (Å²) in [6.07, 6.45) is 1.57. The van der Waals surface area contributed by atoms with Crippen LogP contribution in [0.1, 0.15) is 0 Å². The summed E-state index contributed by atoms with van der Waals surface area (Å²) in [7, 11) is 1.73. The Morgan fingerprint density at radius 1 is 1.17 bits per heavy atom. The van der Waals surface area contributed by atoms with Crippen molar-refractivity contribution >= 4 is 33.1 Å². The first-order chi connectivity index (χ1) is 8.60. The molecule has 2 N–H and O–H groups in total. The molecule has 0 saturated heterocycles. The van der Waals surface area contributed by atoms with Gasteiger partial charge in [-0.2, -0.15) is 0 Å². The van der Waals surface area contributed by atoms with E-state index in [0.29, 0.717) is 11.5 Å². The minimum absolute atomic E-state index is 0.0731. The van der Waals surface area contributed by atoms with Gasteiger partial charge in [0.2, 0.25) is 0 Å². The third-order valence-corrected chi connectivity index (χ3v) is 2.91. The Labute approximate surface area is 111 Å². The summed E-state index contributed by atoms with van der Waals surface area (Å²) in [5.74, 6) is -0.425. The van der Waals surface area contributed by atoms with E-state index in [2.05, 4.69) is 31.5 Å². The molecule has 0 spiro atoms. The summed E-state index contributed by atoms with van der Waals surface area (Å²) in [6.45, 7) is 0. The van der Waals surface area contributed by atoms with E-state index in [-0.39, 0.29) is 10.2 Å². The van der Waals surface area contributed by atoms with Gasteiger partial charge >= 0.3 is 0 Å². The lowest BCUT2D eigenvalue weighted by molar-refractivity contribution is 0.598. The fourth-order valence-electron chi connectivity index (χ4n) is 1.42. The molecule has 0 amide bonds. The van der Waals surface area contributed by atoms with Crippen molar-refractivity contribution in [3.8, 4) is 0 Å². The van der Waals surface area contributed by atoms with E-state index >= 15 is 0 Å². The summed E-state index contributed by atoms with van der Waals surface area (Å²) < 4.78 is 27.0. The second-order valence-corrected chi connectivity index (χ2v) is 4.41. The van der Waals surface area contributed by atoms with Crippen LogP contribution in [-0.4, -0.2) is 12.0 Å². The molecule has 0 saturated carbocycles. The van der Waals surface area contributed by atoms with Gasteiger partial charge in [0.05, 0.1) is 10.2 Å². The predicted molar refractivity (Wildman–Crippen MR) is 71.1 cm³/mol. The van der Waals surface area contributed by atoms with Crippen molar-refractivity contribution in [2.45, 2.75) is 0 Å². The number of nitrogens with zero attached hydrogens (tertiary/aromatic N) is 1. The van der Waals surface area contributed by atoms with Gasteiger partial charge in [-0.25, -0.2) is 13.8 Å². The first-order valence-electron chi connectivity index (χ1n) is 5.15. The molecule has 1 aromatic heterocycles. The number of hydrogen-bond acceptors (Lipinski definition) is 3. The number of benzene rings is 1. The lowest BCUT2D eigenvalue weighted by atomic mass is 10.2. The van der Waals surface area contributed by atoms with Gasteiger partial charge in [-0.15, -0.1) is 0 Å². The molecule has 0 aliphatic heterocycles. The average molecular weight is 314 g/mol. The maximum Gasteiger partial charge on any atom is 0.147 e. The van der Waals surface area contributed by atoms with Crippen molar-refractivity contribution in [3.63, 3.8) is 0 Å². The summed E-state index contributed by atoms with van der Waals surface area (Å²) >= 11 is 2.93. The van der Waals surface area contributed by atoms with Crippen molar-refractivity contribution in [2.75, 3.05) is 17.7 Å². The Balaban J connectivity index is 2.30. The lowest BCUT2D eigenvalue weighted by Crippen LogP contribution is -1.98. The number of halogens is 3. The highest BCUT2D eigenvalue weighted by Crippen LogP contribution is 2.26. The minimum Gasteiger partial charge on any atom is -0.373 e. The van der Waals surface area contributed by atoms with E-state index in [1.54, 1.807) is 25.4 Å². The van der Waals surface area contributed by atoms with Gasteiger partial charge in [-0.05, 0) is 28.1 Å². The van der Waals surface area contributed by atoms with Crippen molar-refractivity contribution in [1.29, 1.82) is 0 Å². The van der Waals surface area contributed by atoms with Gasteiger partial charge in [-0.1, -0.05) is 0 Å². The first kappa shape index (κ1) is 12.8. The second-order valence-electron chi connectivity index (χ2n) is 3.55. The monoisotopic (exact) mass is 313 g/mol. The SMILES string of the molecule is CNc1cc(Nc2cc(F)c(Br)cc2F)ccn1. The fourth-order valence-corrected chi connectivity index (χ4v) is 1.73. The molecule has 1 aromatic carbocycles. The Bertz CT molecular complexity index is 575. The van der Waals surface area contributed by atoms with Gasteiger partial charge in [0.25, 0.3) is 0 Å². The molecule has 2 rings (SSSR count). The van der Waals surface area contributed by atoms with Crippen molar-refractivity contribution in [2.24, 2.45) is 0 Å². The van der Waals surface area contributed by atoms with Crippen LogP contribution in [0.2, 0.25) is 0 Å². The number of anilines is 3. The molecule has 0 bridgehead atoms. The van der Waals surface area contributed by atoms with Crippen molar-refractivity contribution in [3.05, 3.63) is 46.6 Å². The quantitative estimate of drug-likeness (QED) is 0.844. The lowest BCUT2D eigenvalue weighted by Gasteiger charge is -2.09. The van der Waals surface area contributed by atoms with Crippen LogP contribution in [0.5, 0.6) is 0 Å². The number of aromatic nitrogens is 1. The molecule has 18 heavy (non-hydrogen) atoms. The molecule has 0 atom stereocenters. The van der Waals surface area contributed by atoms with Gasteiger partial charge in [0.1, 0.15) is 17.5 Å². The van der Waals surface area contributed by atoms with Crippen LogP contribution in [0.15, 0.2) is 34.9 Å². The van der Waals surface area contributed by atoms with Gasteiger partial charge < -0.3 is 10.6 Å². The number of pyridine rings is 1. The topological polar surface area (TPSA) is 37.0 Å². The highest BCUT2D eigenvalue weighted by Gasteiger charge is 2.08. The third-order valence-electron chi connectivity index (χ3n) is 2.31. The Morgan fingerprint density at radius 3 is 2.67 bits per heavy atom. The largest absolute Gasteiger partial charge is 0.373 e. The van der Waals surface area contributed by atoms with Crippen LogP contribution in [-0.2, 0) is 0 Å². The normalized spacial score (nSPS) is 10.2. The van der Waals surface area contributed by atoms with Crippen LogP contribution in [0.25, 0.3) is 0 Å². The Hall–Kier alpha value is -1.69. The molecule has 6 heteroatoms. The van der Waals surface area contributed by atoms with E-state index in [1.165, 1.54) is 0 Å². The van der Waals surface area contributed by atoms with Crippen LogP contribution >= 0.6 is 15.9 Å². The molecule has 3 nitrogen and oxygen atoms in total. The second kappa shape index (κ2) is 5.30. The van der Waals surface area contributed by atoms with E-state index in [0.717, 1.165) is 12.1 Å². The molecule has 0 fully saturated rings. The Kier molecular flexibility index (Phi) is 3.76. The van der Waals surface area contributed by atoms with E-state index in [9.17, 15) is 8.78 Å². The minimum atomic E-state index is -0.536. The first-order valence-corrected chi connectivity index (χ1v) is 5.95. The number of nitrogens with one attached hydrogen (secondary N) is 2. The predicted octanol–water partition coefficient (Wildman–Crippen LogP) is 3.91. The smallest absolute Gasteiger partial charge is 0.147 e. The van der Waals surface area contributed by atoms with Crippen LogP contribution in [0.4, 0.5) is 26.0 Å². The zero-order valence-electron chi connectivity index (χ0n) is 9.47. The molecule has 2 aromatic rings. The van der Waals surface area contributed by atoms with Crippen LogP contribution in [0.3, 0.4) is 0 Å². The fraction of sp³-hybridized carbons (Fsp3) is 0.0833. The molecule has 1 heterocycles. The zero-order valence-corrected chi connectivity index (χ0v) is 11.1. The van der Waals surface area contributed by atoms with Gasteiger partial charge in [-0.3, -0.25) is 0 Å². The zero-order chi connectivity index (χ0) is 13.1. The summed E-state index contributed by atoms with van der Waals surface area (Å²) in [5, 5.41) is 5.66. The molecule has 94 valence electrons. The van der Waals surface area contributed by atoms with Gasteiger partial charge in [0, 0.05) is 31.1 Å². The maximum absolute atomic E-state index is 13.6. The Morgan fingerprint density at radius 2 is 1.94 bits per heavy atom. The molecule has 0 aliphatic carbocycles. The van der Waals surface area contributed by atoms with Crippen molar-refractivity contribution < 1.29 is 8.78 Å². The highest BCUT2D eigenvalue weighted by atomic mass is 79.9. The molecule has 0 aliphatic rings. The molecule has 0 radical (unpaired) electrons. The van der Waals surface area contributed by atoms with Crippen LogP contribution in [0, 0.1) is 11.6 Å². The van der Waals surface area contributed by atoms with E-state index in [1.807, 2.05) is 0 Å². The average Bonchev–Trinajstić information content (AvgIpc) is 2.36. The van der Waals surface area contributed by atoms with Crippen molar-refractivity contribution in [1.82, 2.24) is 4.98 Å². The molecular formula is C12H10BrF2N3. The van der Waals surface area contributed by atoms with E-state index < -0.39 is 11.6 Å². The number of rotatable bonds is 3. The third kappa shape index (κ3) is 2.76. The van der Waals surface area contributed by atoms with Gasteiger partial charge in [0.15, 0.2) is 0 Å². The summed E-state index contributed by atoms with van der Waals surface area (Å²) in [6, 6.07) is 5.54. The molecular weight excluding hydrogens is 304 g/mol. The maximum atomic E-state index is 13.6. The summed E-state index contributed by atoms with van der Waals surface area (Å²) in [4.78, 5) is 4.03. The molecule has 0 unspecified atom stereocenters. The summed E-state index contributed by atoms with van der Waals surface area (Å²) in [5.41, 5.74) is 0.693. The van der Waals surface area contributed by atoms with Crippen LogP contribution < -0.4 is 10.6 Å².